The van der Waals surface area contributed by atoms with Crippen molar-refractivity contribution >= 4 is 20.9 Å². The zero-order chi connectivity index (χ0) is 19.4. The zero-order valence-electron chi connectivity index (χ0n) is 15.6. The van der Waals surface area contributed by atoms with Crippen molar-refractivity contribution in [3.8, 4) is 5.75 Å². The molecular weight excluding hydrogens is 362 g/mol. The summed E-state index contributed by atoms with van der Waals surface area (Å²) in [6.45, 7) is 1.56. The first-order chi connectivity index (χ1) is 12.9. The van der Waals surface area contributed by atoms with E-state index >= 15 is 0 Å². The molecule has 0 aliphatic carbocycles. The van der Waals surface area contributed by atoms with E-state index in [9.17, 15) is 8.42 Å². The third-order valence-corrected chi connectivity index (χ3v) is 5.26. The highest BCUT2D eigenvalue weighted by atomic mass is 32.2. The van der Waals surface area contributed by atoms with E-state index in [-0.39, 0.29) is 5.75 Å². The molecule has 7 heteroatoms. The van der Waals surface area contributed by atoms with Crippen molar-refractivity contribution in [1.29, 1.82) is 0 Å². The summed E-state index contributed by atoms with van der Waals surface area (Å²) in [6.07, 6.45) is 3.00. The lowest BCUT2D eigenvalue weighted by molar-refractivity contribution is 0.414. The van der Waals surface area contributed by atoms with Gasteiger partial charge in [0.15, 0.2) is 0 Å². The molecule has 6 nitrogen and oxygen atoms in total. The van der Waals surface area contributed by atoms with Gasteiger partial charge in [0.05, 0.1) is 12.9 Å². The maximum atomic E-state index is 11.5. The summed E-state index contributed by atoms with van der Waals surface area (Å²) in [4.78, 5) is 0. The van der Waals surface area contributed by atoms with Crippen LogP contribution < -0.4 is 15.2 Å². The number of benzene rings is 2. The highest BCUT2D eigenvalue weighted by Gasteiger charge is 2.12. The summed E-state index contributed by atoms with van der Waals surface area (Å²) < 4.78 is 30.4. The number of nitrogens with zero attached hydrogens (tertiary/aromatic N) is 1. The molecule has 0 radical (unpaired) electrons. The average Bonchev–Trinajstić information content (AvgIpc) is 2.95. The van der Waals surface area contributed by atoms with Crippen LogP contribution in [0.1, 0.15) is 16.7 Å². The quantitative estimate of drug-likeness (QED) is 0.621. The van der Waals surface area contributed by atoms with E-state index in [4.69, 9.17) is 9.88 Å². The molecule has 27 heavy (non-hydrogen) atoms. The number of sulfonamides is 1. The minimum Gasteiger partial charge on any atom is -0.497 e. The topological polar surface area (TPSA) is 86.3 Å². The first-order valence-electron chi connectivity index (χ1n) is 8.78. The van der Waals surface area contributed by atoms with Crippen LogP contribution in [0.2, 0.25) is 0 Å². The Hall–Kier alpha value is -2.35. The molecule has 0 fully saturated rings. The zero-order valence-corrected chi connectivity index (χ0v) is 16.4. The minimum absolute atomic E-state index is 0.157. The van der Waals surface area contributed by atoms with Crippen molar-refractivity contribution < 1.29 is 13.2 Å². The molecular formula is C20H25N3O3S. The molecule has 0 saturated heterocycles. The Morgan fingerprint density at radius 2 is 1.96 bits per heavy atom. The first kappa shape index (κ1) is 19.4. The van der Waals surface area contributed by atoms with Gasteiger partial charge in [-0.1, -0.05) is 18.2 Å². The fourth-order valence-corrected chi connectivity index (χ4v) is 3.94. The predicted octanol–water partition coefficient (Wildman–Crippen LogP) is 2.25. The second-order valence-corrected chi connectivity index (χ2v) is 8.26. The van der Waals surface area contributed by atoms with Crippen molar-refractivity contribution in [2.75, 3.05) is 20.7 Å². The lowest BCUT2D eigenvalue weighted by atomic mass is 10.1. The van der Waals surface area contributed by atoms with E-state index in [1.165, 1.54) is 5.56 Å². The first-order valence-corrected chi connectivity index (χ1v) is 10.5. The molecule has 0 unspecified atom stereocenters. The summed E-state index contributed by atoms with van der Waals surface area (Å²) in [5.41, 5.74) is 4.09. The second kappa shape index (κ2) is 8.12. The summed E-state index contributed by atoms with van der Waals surface area (Å²) in [6, 6.07) is 13.7. The molecule has 3 N–H and O–H groups in total. The number of fused-ring (bicyclic) bond motifs is 1. The van der Waals surface area contributed by atoms with Crippen LogP contribution in [0.5, 0.6) is 5.75 Å². The largest absolute Gasteiger partial charge is 0.497 e. The molecule has 0 saturated carbocycles. The molecule has 3 aromatic rings. The molecule has 0 atom stereocenters. The van der Waals surface area contributed by atoms with Crippen LogP contribution >= 0.6 is 0 Å². The van der Waals surface area contributed by atoms with Crippen LogP contribution in [-0.2, 0) is 28.7 Å². The van der Waals surface area contributed by atoms with Gasteiger partial charge in [-0.25, -0.2) is 13.6 Å². The van der Waals surface area contributed by atoms with Crippen molar-refractivity contribution in [1.82, 2.24) is 9.88 Å². The highest BCUT2D eigenvalue weighted by molar-refractivity contribution is 7.88. The lowest BCUT2D eigenvalue weighted by Gasteiger charge is -2.08. The fraction of sp³-hybridized carbons (Fsp3) is 0.300. The fourth-order valence-electron chi connectivity index (χ4n) is 3.30. The van der Waals surface area contributed by atoms with Gasteiger partial charge in [-0.3, -0.25) is 0 Å². The third kappa shape index (κ3) is 4.88. The highest BCUT2D eigenvalue weighted by Crippen LogP contribution is 2.25. The van der Waals surface area contributed by atoms with E-state index in [2.05, 4.69) is 22.1 Å². The summed E-state index contributed by atoms with van der Waals surface area (Å²) in [7, 11) is 0.0202. The molecule has 3 rings (SSSR count). The van der Waals surface area contributed by atoms with Crippen molar-refractivity contribution in [2.24, 2.45) is 5.14 Å². The Morgan fingerprint density at radius 1 is 1.15 bits per heavy atom. The maximum Gasteiger partial charge on any atom is 0.213 e. The molecule has 1 aromatic heterocycles. The van der Waals surface area contributed by atoms with Crippen LogP contribution in [0.3, 0.4) is 0 Å². The molecule has 0 aliphatic rings. The number of primary sulfonamides is 1. The van der Waals surface area contributed by atoms with Crippen molar-refractivity contribution in [3.05, 3.63) is 65.4 Å². The van der Waals surface area contributed by atoms with Crippen molar-refractivity contribution in [2.45, 2.75) is 18.7 Å². The summed E-state index contributed by atoms with van der Waals surface area (Å²) >= 11 is 0. The van der Waals surface area contributed by atoms with Gasteiger partial charge >= 0.3 is 0 Å². The number of rotatable bonds is 8. The number of methoxy groups -OCH3 is 1. The number of hydrogen-bond donors (Lipinski definition) is 2. The Morgan fingerprint density at radius 3 is 2.67 bits per heavy atom. The Bertz CT molecular complexity index is 1040. The molecule has 2 aromatic carbocycles. The smallest absolute Gasteiger partial charge is 0.213 e. The number of ether oxygens (including phenoxy) is 1. The Labute approximate surface area is 160 Å². The van der Waals surface area contributed by atoms with Gasteiger partial charge in [0.1, 0.15) is 5.75 Å². The van der Waals surface area contributed by atoms with Crippen LogP contribution in [0, 0.1) is 0 Å². The SMILES string of the molecule is CNCCc1cn(Cc2cccc(OC)c2)c2ccc(CS(N)(=O)=O)cc12. The number of likely N-dealkylation sites (N-methyl/N-ethyl adjacent to an activating group) is 1. The van der Waals surface area contributed by atoms with E-state index in [0.717, 1.165) is 35.2 Å². The molecule has 0 amide bonds. The Balaban J connectivity index is 2.01. The van der Waals surface area contributed by atoms with Gasteiger partial charge in [0, 0.05) is 23.6 Å². The van der Waals surface area contributed by atoms with E-state index in [1.807, 2.05) is 43.4 Å². The number of nitrogens with one attached hydrogen (secondary N) is 1. The minimum atomic E-state index is -3.56. The monoisotopic (exact) mass is 387 g/mol. The Kier molecular flexibility index (Phi) is 5.84. The number of nitrogens with two attached hydrogens (primary N) is 1. The van der Waals surface area contributed by atoms with Gasteiger partial charge in [-0.05, 0) is 61.0 Å². The third-order valence-electron chi connectivity index (χ3n) is 4.53. The van der Waals surface area contributed by atoms with Crippen LogP contribution in [0.25, 0.3) is 10.9 Å². The molecule has 0 aliphatic heterocycles. The standard InChI is InChI=1S/C20H25N3O3S/c1-22-9-8-17-13-23(12-15-4-3-5-18(10-15)26-2)20-7-6-16(11-19(17)20)14-27(21,24)25/h3-7,10-11,13,22H,8-9,12,14H2,1-2H3,(H2,21,24,25). The average molecular weight is 388 g/mol. The van der Waals surface area contributed by atoms with Crippen LogP contribution in [0.15, 0.2) is 48.7 Å². The normalized spacial score (nSPS) is 11.8. The van der Waals surface area contributed by atoms with Gasteiger partial charge in [-0.2, -0.15) is 0 Å². The summed E-state index contributed by atoms with van der Waals surface area (Å²) in [5, 5.41) is 9.44. The molecule has 0 spiro atoms. The number of aromatic nitrogens is 1. The van der Waals surface area contributed by atoms with E-state index in [0.29, 0.717) is 12.1 Å². The molecule has 144 valence electrons. The molecule has 1 heterocycles. The van der Waals surface area contributed by atoms with Gasteiger partial charge in [0.25, 0.3) is 0 Å². The summed E-state index contributed by atoms with van der Waals surface area (Å²) in [5.74, 6) is 0.671. The maximum absolute atomic E-state index is 11.5. The van der Waals surface area contributed by atoms with Gasteiger partial charge in [-0.15, -0.1) is 0 Å². The second-order valence-electron chi connectivity index (χ2n) is 6.65. The van der Waals surface area contributed by atoms with E-state index in [1.54, 1.807) is 7.11 Å². The lowest BCUT2D eigenvalue weighted by Crippen LogP contribution is -2.14. The van der Waals surface area contributed by atoms with Crippen LogP contribution in [0.4, 0.5) is 0 Å². The van der Waals surface area contributed by atoms with Crippen LogP contribution in [-0.4, -0.2) is 33.7 Å². The van der Waals surface area contributed by atoms with Crippen molar-refractivity contribution in [3.63, 3.8) is 0 Å². The van der Waals surface area contributed by atoms with Gasteiger partial charge < -0.3 is 14.6 Å². The van der Waals surface area contributed by atoms with Gasteiger partial charge in [0.2, 0.25) is 10.0 Å². The predicted molar refractivity (Wildman–Crippen MR) is 108 cm³/mol. The van der Waals surface area contributed by atoms with E-state index < -0.39 is 10.0 Å². The number of hydrogen-bond acceptors (Lipinski definition) is 4. The molecule has 0 bridgehead atoms.